The van der Waals surface area contributed by atoms with Crippen molar-refractivity contribution in [3.05, 3.63) is 65.2 Å². The van der Waals surface area contributed by atoms with E-state index < -0.39 is 5.97 Å². The van der Waals surface area contributed by atoms with Gasteiger partial charge in [-0.2, -0.15) is 0 Å². The van der Waals surface area contributed by atoms with Crippen LogP contribution in [-0.2, 0) is 21.4 Å². The molecule has 1 aliphatic carbocycles. The summed E-state index contributed by atoms with van der Waals surface area (Å²) in [7, 11) is 0. The van der Waals surface area contributed by atoms with E-state index in [2.05, 4.69) is 35.2 Å². The third kappa shape index (κ3) is 4.16. The van der Waals surface area contributed by atoms with Crippen LogP contribution >= 0.6 is 0 Å². The van der Waals surface area contributed by atoms with E-state index in [9.17, 15) is 9.90 Å². The van der Waals surface area contributed by atoms with Crippen molar-refractivity contribution >= 4 is 5.97 Å². The topological polar surface area (TPSA) is 70.0 Å². The predicted octanol–water partition coefficient (Wildman–Crippen LogP) is 3.58. The average Bonchev–Trinajstić information content (AvgIpc) is 2.64. The summed E-state index contributed by atoms with van der Waals surface area (Å²) in [5, 5.41) is 19.4. The number of carboxylic acids is 1. The Labute approximate surface area is 171 Å². The van der Waals surface area contributed by atoms with E-state index in [4.69, 9.17) is 9.84 Å². The lowest BCUT2D eigenvalue weighted by atomic mass is 9.66. The van der Waals surface area contributed by atoms with E-state index in [0.29, 0.717) is 24.8 Å². The zero-order valence-corrected chi connectivity index (χ0v) is 16.7. The van der Waals surface area contributed by atoms with Gasteiger partial charge in [-0.1, -0.05) is 48.9 Å². The van der Waals surface area contributed by atoms with Gasteiger partial charge in [-0.25, -0.2) is 0 Å². The smallest absolute Gasteiger partial charge is 0.305 e. The average molecular weight is 395 g/mol. The van der Waals surface area contributed by atoms with Crippen LogP contribution in [0.2, 0.25) is 0 Å². The first-order chi connectivity index (χ1) is 14.1. The van der Waals surface area contributed by atoms with Gasteiger partial charge in [-0.05, 0) is 36.5 Å². The molecule has 0 aromatic heterocycles. The van der Waals surface area contributed by atoms with E-state index in [0.717, 1.165) is 24.2 Å². The predicted molar refractivity (Wildman–Crippen MR) is 111 cm³/mol. The number of phenols is 1. The Hall–Kier alpha value is -2.37. The van der Waals surface area contributed by atoms with Crippen molar-refractivity contribution in [2.24, 2.45) is 0 Å². The summed E-state index contributed by atoms with van der Waals surface area (Å²) >= 11 is 0. The standard InChI is InChI=1S/C24H29NO4/c26-22-10-9-18(11-13-29-14-12-23(27)28)15-21(22)24(19-5-2-1-3-6-19)16-25(17-24)20-7-4-8-20/h1-3,5-6,9-10,15,20,26H,4,7-8,11-14,16-17H2,(H,27,28). The summed E-state index contributed by atoms with van der Waals surface area (Å²) in [4.78, 5) is 13.1. The Bertz CT molecular complexity index is 841. The maximum atomic E-state index is 10.7. The molecule has 2 aromatic carbocycles. The number of hydrogen-bond donors (Lipinski definition) is 2. The zero-order valence-electron chi connectivity index (χ0n) is 16.7. The molecular formula is C24H29NO4. The summed E-state index contributed by atoms with van der Waals surface area (Å²) in [6.45, 7) is 2.58. The van der Waals surface area contributed by atoms with Gasteiger partial charge in [0.15, 0.2) is 0 Å². The number of nitrogens with zero attached hydrogens (tertiary/aromatic N) is 1. The lowest BCUT2D eigenvalue weighted by Gasteiger charge is -2.56. The molecule has 4 rings (SSSR count). The molecular weight excluding hydrogens is 366 g/mol. The first-order valence-electron chi connectivity index (χ1n) is 10.5. The Morgan fingerprint density at radius 3 is 2.52 bits per heavy atom. The number of carboxylic acid groups (broad SMARTS) is 1. The fraction of sp³-hybridized carbons (Fsp3) is 0.458. The molecule has 5 heteroatoms. The van der Waals surface area contributed by atoms with Gasteiger partial charge in [0.2, 0.25) is 0 Å². The van der Waals surface area contributed by atoms with Crippen LogP contribution in [-0.4, -0.2) is 53.4 Å². The minimum Gasteiger partial charge on any atom is -0.508 e. The normalized spacial score (nSPS) is 18.8. The molecule has 0 bridgehead atoms. The largest absolute Gasteiger partial charge is 0.508 e. The Kier molecular flexibility index (Phi) is 5.88. The van der Waals surface area contributed by atoms with Gasteiger partial charge in [0.05, 0.1) is 19.6 Å². The first kappa shape index (κ1) is 19.9. The Morgan fingerprint density at radius 1 is 1.10 bits per heavy atom. The lowest BCUT2D eigenvalue weighted by molar-refractivity contribution is -0.138. The molecule has 0 spiro atoms. The van der Waals surface area contributed by atoms with Gasteiger partial charge in [0.25, 0.3) is 0 Å². The monoisotopic (exact) mass is 395 g/mol. The number of phenolic OH excluding ortho intramolecular Hbond substituents is 1. The number of benzene rings is 2. The third-order valence-corrected chi connectivity index (χ3v) is 6.44. The van der Waals surface area contributed by atoms with E-state index in [1.54, 1.807) is 6.07 Å². The third-order valence-electron chi connectivity index (χ3n) is 6.44. The lowest BCUT2D eigenvalue weighted by Crippen LogP contribution is -2.64. The highest BCUT2D eigenvalue weighted by Crippen LogP contribution is 2.47. The first-order valence-corrected chi connectivity index (χ1v) is 10.5. The molecule has 0 radical (unpaired) electrons. The SMILES string of the molecule is O=C(O)CCOCCc1ccc(O)c(C2(c3ccccc3)CN(C3CCC3)C2)c1. The van der Waals surface area contributed by atoms with Gasteiger partial charge in [0.1, 0.15) is 5.75 Å². The van der Waals surface area contributed by atoms with Crippen molar-refractivity contribution in [1.29, 1.82) is 0 Å². The second-order valence-electron chi connectivity index (χ2n) is 8.30. The van der Waals surface area contributed by atoms with E-state index in [1.165, 1.54) is 24.8 Å². The van der Waals surface area contributed by atoms with Crippen molar-refractivity contribution in [2.45, 2.75) is 43.6 Å². The number of carbonyl (C=O) groups is 1. The van der Waals surface area contributed by atoms with Crippen LogP contribution in [0.15, 0.2) is 48.5 Å². The fourth-order valence-electron chi connectivity index (χ4n) is 4.50. The summed E-state index contributed by atoms with van der Waals surface area (Å²) in [6.07, 6.45) is 4.61. The summed E-state index contributed by atoms with van der Waals surface area (Å²) in [5.41, 5.74) is 3.16. The van der Waals surface area contributed by atoms with Crippen molar-refractivity contribution < 1.29 is 19.7 Å². The zero-order chi connectivity index (χ0) is 20.3. The Balaban J connectivity index is 1.52. The van der Waals surface area contributed by atoms with Crippen LogP contribution in [0.5, 0.6) is 5.75 Å². The van der Waals surface area contributed by atoms with E-state index >= 15 is 0 Å². The second-order valence-corrected chi connectivity index (χ2v) is 8.30. The molecule has 1 saturated carbocycles. The second kappa shape index (κ2) is 8.56. The van der Waals surface area contributed by atoms with Crippen molar-refractivity contribution in [3.8, 4) is 5.75 Å². The van der Waals surface area contributed by atoms with Gasteiger partial charge in [-0.3, -0.25) is 9.69 Å². The highest BCUT2D eigenvalue weighted by molar-refractivity contribution is 5.66. The van der Waals surface area contributed by atoms with E-state index in [1.807, 2.05) is 12.1 Å². The number of likely N-dealkylation sites (tertiary alicyclic amines) is 1. The quantitative estimate of drug-likeness (QED) is 0.635. The molecule has 1 saturated heterocycles. The van der Waals surface area contributed by atoms with Crippen LogP contribution in [0.1, 0.15) is 42.4 Å². The molecule has 2 N–H and O–H groups in total. The Morgan fingerprint density at radius 2 is 1.86 bits per heavy atom. The molecule has 2 aromatic rings. The molecule has 154 valence electrons. The van der Waals surface area contributed by atoms with Crippen molar-refractivity contribution in [2.75, 3.05) is 26.3 Å². The summed E-state index contributed by atoms with van der Waals surface area (Å²) < 4.78 is 5.45. The molecule has 2 aliphatic rings. The molecule has 0 amide bonds. The number of ether oxygens (including phenoxy) is 1. The maximum Gasteiger partial charge on any atom is 0.305 e. The number of hydrogen-bond acceptors (Lipinski definition) is 4. The molecule has 0 atom stereocenters. The maximum absolute atomic E-state index is 10.7. The molecule has 0 unspecified atom stereocenters. The van der Waals surface area contributed by atoms with Crippen molar-refractivity contribution in [3.63, 3.8) is 0 Å². The minimum atomic E-state index is -0.845. The number of rotatable bonds is 9. The summed E-state index contributed by atoms with van der Waals surface area (Å²) in [5.74, 6) is -0.500. The van der Waals surface area contributed by atoms with Crippen molar-refractivity contribution in [1.82, 2.24) is 4.90 Å². The number of aliphatic carboxylic acids is 1. The van der Waals surface area contributed by atoms with Crippen LogP contribution in [0.3, 0.4) is 0 Å². The van der Waals surface area contributed by atoms with Gasteiger partial charge >= 0.3 is 5.97 Å². The van der Waals surface area contributed by atoms with Crippen LogP contribution < -0.4 is 0 Å². The van der Waals surface area contributed by atoms with Gasteiger partial charge in [0, 0.05) is 30.1 Å². The van der Waals surface area contributed by atoms with E-state index in [-0.39, 0.29) is 18.4 Å². The molecule has 5 nitrogen and oxygen atoms in total. The number of aromatic hydroxyl groups is 1. The minimum absolute atomic E-state index is 0.0228. The highest BCUT2D eigenvalue weighted by Gasteiger charge is 2.50. The van der Waals surface area contributed by atoms with Crippen LogP contribution in [0.4, 0.5) is 0 Å². The van der Waals surface area contributed by atoms with Crippen LogP contribution in [0.25, 0.3) is 0 Å². The van der Waals surface area contributed by atoms with Gasteiger partial charge < -0.3 is 14.9 Å². The molecule has 1 heterocycles. The summed E-state index contributed by atoms with van der Waals surface area (Å²) in [6, 6.07) is 17.0. The highest BCUT2D eigenvalue weighted by atomic mass is 16.5. The molecule has 2 fully saturated rings. The fourth-order valence-corrected chi connectivity index (χ4v) is 4.50. The molecule has 29 heavy (non-hydrogen) atoms. The molecule has 1 aliphatic heterocycles. The van der Waals surface area contributed by atoms with Crippen LogP contribution in [0, 0.1) is 0 Å². The van der Waals surface area contributed by atoms with Gasteiger partial charge in [-0.15, -0.1) is 0 Å².